The normalized spacial score (nSPS) is 14.9. The van der Waals surface area contributed by atoms with Crippen LogP contribution in [0.5, 0.6) is 0 Å². The number of hydrogen-bond donors (Lipinski definition) is 0. The molecule has 0 radical (unpaired) electrons. The molecule has 1 aromatic carbocycles. The van der Waals surface area contributed by atoms with E-state index in [9.17, 15) is 31.1 Å². The molecule has 26 heavy (non-hydrogen) atoms. The van der Waals surface area contributed by atoms with E-state index in [0.29, 0.717) is 18.6 Å². The van der Waals surface area contributed by atoms with Crippen molar-refractivity contribution in [2.24, 2.45) is 4.99 Å². The third-order valence-corrected chi connectivity index (χ3v) is 3.56. The van der Waals surface area contributed by atoms with Crippen LogP contribution in [0.2, 0.25) is 0 Å². The molecule has 1 unspecified atom stereocenters. The van der Waals surface area contributed by atoms with E-state index in [-0.39, 0.29) is 12.5 Å². The van der Waals surface area contributed by atoms with Crippen molar-refractivity contribution in [2.75, 3.05) is 7.11 Å². The standard InChI is InChI=1S/C17H17F6NO2/c1-4-6-15(5-2,14(25)26-3)24-10-11-7-12(16(18,19)20)9-13(8-11)17(21,22)23/h5,7-10H,2,4,6H2,1,3H3/b24-10+. The highest BCUT2D eigenvalue weighted by Gasteiger charge is 2.37. The number of carbonyl (C=O) groups excluding carboxylic acids is 1. The van der Waals surface area contributed by atoms with Crippen LogP contribution in [0.15, 0.2) is 35.8 Å². The Morgan fingerprint density at radius 3 is 1.96 bits per heavy atom. The van der Waals surface area contributed by atoms with Crippen LogP contribution >= 0.6 is 0 Å². The minimum absolute atomic E-state index is 0.0183. The fourth-order valence-corrected chi connectivity index (χ4v) is 2.26. The minimum atomic E-state index is -4.97. The molecule has 0 aromatic heterocycles. The molecule has 0 amide bonds. The van der Waals surface area contributed by atoms with Gasteiger partial charge in [0.05, 0.1) is 18.2 Å². The van der Waals surface area contributed by atoms with Gasteiger partial charge in [0, 0.05) is 6.21 Å². The molecule has 0 aliphatic carbocycles. The van der Waals surface area contributed by atoms with Crippen LogP contribution in [-0.4, -0.2) is 24.8 Å². The Kier molecular flexibility index (Phi) is 6.62. The third-order valence-electron chi connectivity index (χ3n) is 3.56. The number of aliphatic imine (C=N–C) groups is 1. The summed E-state index contributed by atoms with van der Waals surface area (Å²) in [7, 11) is 1.10. The summed E-state index contributed by atoms with van der Waals surface area (Å²) in [5.74, 6) is -0.811. The summed E-state index contributed by atoms with van der Waals surface area (Å²) in [5.41, 5.74) is -4.97. The summed E-state index contributed by atoms with van der Waals surface area (Å²) < 4.78 is 81.9. The van der Waals surface area contributed by atoms with E-state index < -0.39 is 40.6 Å². The van der Waals surface area contributed by atoms with Crippen LogP contribution in [0, 0.1) is 0 Å². The molecule has 0 heterocycles. The van der Waals surface area contributed by atoms with Gasteiger partial charge in [0.2, 0.25) is 0 Å². The Labute approximate surface area is 146 Å². The first-order valence-corrected chi connectivity index (χ1v) is 7.46. The summed E-state index contributed by atoms with van der Waals surface area (Å²) in [6.07, 6.45) is -7.41. The summed E-state index contributed by atoms with van der Waals surface area (Å²) in [5, 5.41) is 0. The lowest BCUT2D eigenvalue weighted by molar-refractivity contribution is -0.145. The van der Waals surface area contributed by atoms with Gasteiger partial charge in [-0.05, 0) is 30.2 Å². The molecule has 0 spiro atoms. The van der Waals surface area contributed by atoms with Gasteiger partial charge >= 0.3 is 18.3 Å². The van der Waals surface area contributed by atoms with Crippen LogP contribution in [0.4, 0.5) is 26.3 Å². The maximum atomic E-state index is 12.9. The molecule has 1 aromatic rings. The molecular formula is C17H17F6NO2. The van der Waals surface area contributed by atoms with Crippen LogP contribution in [-0.2, 0) is 21.9 Å². The van der Waals surface area contributed by atoms with Gasteiger partial charge in [-0.2, -0.15) is 26.3 Å². The molecule has 3 nitrogen and oxygen atoms in total. The third kappa shape index (κ3) is 5.09. The molecule has 1 rings (SSSR count). The first-order valence-electron chi connectivity index (χ1n) is 7.46. The fourth-order valence-electron chi connectivity index (χ4n) is 2.26. The molecule has 0 N–H and O–H groups in total. The molecule has 9 heteroatoms. The van der Waals surface area contributed by atoms with E-state index in [0.717, 1.165) is 19.4 Å². The number of halogens is 6. The van der Waals surface area contributed by atoms with Crippen molar-refractivity contribution in [1.29, 1.82) is 0 Å². The number of methoxy groups -OCH3 is 1. The SMILES string of the molecule is C=CC(CCC)(/N=C/c1cc(C(F)(F)F)cc(C(F)(F)F)c1)C(=O)OC. The minimum Gasteiger partial charge on any atom is -0.467 e. The zero-order valence-electron chi connectivity index (χ0n) is 14.0. The van der Waals surface area contributed by atoms with Gasteiger partial charge in [-0.15, -0.1) is 6.58 Å². The highest BCUT2D eigenvalue weighted by Crippen LogP contribution is 2.36. The maximum Gasteiger partial charge on any atom is 0.416 e. The molecule has 0 saturated carbocycles. The van der Waals surface area contributed by atoms with Crippen LogP contribution in [0.3, 0.4) is 0 Å². The van der Waals surface area contributed by atoms with Gasteiger partial charge in [-0.25, -0.2) is 4.79 Å². The van der Waals surface area contributed by atoms with E-state index in [1.54, 1.807) is 6.92 Å². The number of benzene rings is 1. The van der Waals surface area contributed by atoms with Gasteiger partial charge in [0.15, 0.2) is 5.54 Å². The summed E-state index contributed by atoms with van der Waals surface area (Å²) >= 11 is 0. The Hall–Kier alpha value is -2.32. The first kappa shape index (κ1) is 21.7. The number of hydrogen-bond acceptors (Lipinski definition) is 3. The number of nitrogens with zero attached hydrogens (tertiary/aromatic N) is 1. The van der Waals surface area contributed by atoms with Crippen molar-refractivity contribution in [3.63, 3.8) is 0 Å². The van der Waals surface area contributed by atoms with Crippen molar-refractivity contribution in [3.05, 3.63) is 47.5 Å². The lowest BCUT2D eigenvalue weighted by Gasteiger charge is -2.22. The summed E-state index contributed by atoms with van der Waals surface area (Å²) in [4.78, 5) is 15.9. The van der Waals surface area contributed by atoms with Crippen molar-refractivity contribution in [1.82, 2.24) is 0 Å². The second kappa shape index (κ2) is 7.92. The second-order valence-corrected chi connectivity index (χ2v) is 5.47. The lowest BCUT2D eigenvalue weighted by atomic mass is 9.94. The fraction of sp³-hybridized carbons (Fsp3) is 0.412. The predicted molar refractivity (Wildman–Crippen MR) is 83.9 cm³/mol. The molecule has 0 aliphatic rings. The van der Waals surface area contributed by atoms with Gasteiger partial charge < -0.3 is 4.74 Å². The van der Waals surface area contributed by atoms with Crippen molar-refractivity contribution < 1.29 is 35.9 Å². The van der Waals surface area contributed by atoms with Crippen LogP contribution in [0.25, 0.3) is 0 Å². The molecule has 0 fully saturated rings. The number of alkyl halides is 6. The van der Waals surface area contributed by atoms with Crippen LogP contribution < -0.4 is 0 Å². The Balaban J connectivity index is 3.47. The lowest BCUT2D eigenvalue weighted by Crippen LogP contribution is -2.35. The molecule has 0 aliphatic heterocycles. The van der Waals surface area contributed by atoms with Crippen molar-refractivity contribution in [2.45, 2.75) is 37.7 Å². The average Bonchev–Trinajstić information content (AvgIpc) is 2.56. The molecular weight excluding hydrogens is 364 g/mol. The Morgan fingerprint density at radius 1 is 1.12 bits per heavy atom. The maximum absolute atomic E-state index is 12.9. The number of carbonyl (C=O) groups is 1. The topological polar surface area (TPSA) is 38.7 Å². The summed E-state index contributed by atoms with van der Waals surface area (Å²) in [6, 6.07) is 1.07. The van der Waals surface area contributed by atoms with Crippen molar-refractivity contribution >= 4 is 12.2 Å². The number of esters is 1. The average molecular weight is 381 g/mol. The highest BCUT2D eigenvalue weighted by molar-refractivity contribution is 5.88. The van der Waals surface area contributed by atoms with E-state index in [1.807, 2.05) is 0 Å². The van der Waals surface area contributed by atoms with Crippen molar-refractivity contribution in [3.8, 4) is 0 Å². The largest absolute Gasteiger partial charge is 0.467 e. The van der Waals surface area contributed by atoms with E-state index in [1.165, 1.54) is 0 Å². The van der Waals surface area contributed by atoms with E-state index in [2.05, 4.69) is 16.3 Å². The zero-order chi connectivity index (χ0) is 20.2. The number of rotatable bonds is 6. The highest BCUT2D eigenvalue weighted by atomic mass is 19.4. The smallest absolute Gasteiger partial charge is 0.416 e. The van der Waals surface area contributed by atoms with E-state index >= 15 is 0 Å². The van der Waals surface area contributed by atoms with E-state index in [4.69, 9.17) is 0 Å². The molecule has 0 bridgehead atoms. The zero-order valence-corrected chi connectivity index (χ0v) is 14.0. The first-order chi connectivity index (χ1) is 11.9. The quantitative estimate of drug-likeness (QED) is 0.300. The Morgan fingerprint density at radius 2 is 1.62 bits per heavy atom. The molecule has 144 valence electrons. The van der Waals surface area contributed by atoms with Gasteiger partial charge in [-0.3, -0.25) is 4.99 Å². The number of ether oxygens (including phenoxy) is 1. The molecule has 1 atom stereocenters. The molecule has 0 saturated heterocycles. The van der Waals surface area contributed by atoms with Gasteiger partial charge in [-0.1, -0.05) is 19.4 Å². The second-order valence-electron chi connectivity index (χ2n) is 5.47. The van der Waals surface area contributed by atoms with Gasteiger partial charge in [0.25, 0.3) is 0 Å². The van der Waals surface area contributed by atoms with Gasteiger partial charge in [0.1, 0.15) is 0 Å². The van der Waals surface area contributed by atoms with Crippen LogP contribution in [0.1, 0.15) is 36.5 Å². The summed E-state index contributed by atoms with van der Waals surface area (Å²) in [6.45, 7) is 5.20. The Bertz CT molecular complexity index is 661. The monoisotopic (exact) mass is 381 g/mol. The predicted octanol–water partition coefficient (Wildman–Crippen LogP) is 5.04.